The lowest BCUT2D eigenvalue weighted by atomic mass is 10.1. The summed E-state index contributed by atoms with van der Waals surface area (Å²) < 4.78 is 144. The summed E-state index contributed by atoms with van der Waals surface area (Å²) in [7, 11) is 0. The number of hydrogen-bond donors (Lipinski definition) is 0. The minimum atomic E-state index is -5.88. The van der Waals surface area contributed by atoms with E-state index in [1.165, 1.54) is 0 Å². The van der Waals surface area contributed by atoms with Gasteiger partial charge < -0.3 is 9.47 Å². The van der Waals surface area contributed by atoms with E-state index >= 15 is 0 Å². The number of alkyl halides is 14. The highest BCUT2D eigenvalue weighted by Crippen LogP contribution is 2.57. The van der Waals surface area contributed by atoms with Crippen LogP contribution in [0.15, 0.2) is 11.0 Å². The molecule has 0 saturated heterocycles. The van der Waals surface area contributed by atoms with E-state index in [0.29, 0.717) is 0 Å². The molecule has 0 atom stereocenters. The van der Waals surface area contributed by atoms with Crippen LogP contribution in [0.1, 0.15) is 11.1 Å². The minimum Gasteiger partial charge on any atom is -0.430 e. The van der Waals surface area contributed by atoms with Gasteiger partial charge in [0.2, 0.25) is 3.79 Å². The standard InChI is InChI=1S/C11H2Cl3F11O2S/c12-8(13,14)4-2(9(17,18)19)1-3(28-11(23,24)25)5(26-7(15)16)6(4)27-10(20,21)22/h1,7H. The summed E-state index contributed by atoms with van der Waals surface area (Å²) in [6.07, 6.45) is -11.6. The molecule has 1 rings (SSSR count). The zero-order valence-electron chi connectivity index (χ0n) is 12.2. The largest absolute Gasteiger partial charge is 0.573 e. The molecule has 1 aromatic rings. The number of benzene rings is 1. The van der Waals surface area contributed by atoms with Gasteiger partial charge in [-0.05, 0) is 17.8 Å². The minimum absolute atomic E-state index is 0.448. The van der Waals surface area contributed by atoms with Crippen molar-refractivity contribution in [1.82, 2.24) is 0 Å². The Bertz CT molecular complexity index is 710. The maximum Gasteiger partial charge on any atom is 0.573 e. The summed E-state index contributed by atoms with van der Waals surface area (Å²) in [4.78, 5) is -1.84. The molecule has 0 amide bonds. The van der Waals surface area contributed by atoms with Crippen LogP contribution in [-0.2, 0) is 9.97 Å². The van der Waals surface area contributed by atoms with Gasteiger partial charge in [-0.25, -0.2) is 0 Å². The van der Waals surface area contributed by atoms with E-state index in [9.17, 15) is 48.3 Å². The molecule has 0 radical (unpaired) electrons. The lowest BCUT2D eigenvalue weighted by Crippen LogP contribution is -2.24. The van der Waals surface area contributed by atoms with Crippen LogP contribution in [0.3, 0.4) is 0 Å². The molecule has 28 heavy (non-hydrogen) atoms. The number of hydrogen-bond acceptors (Lipinski definition) is 3. The first-order valence-corrected chi connectivity index (χ1v) is 7.99. The molecule has 0 bridgehead atoms. The number of rotatable bonds is 4. The van der Waals surface area contributed by atoms with Crippen LogP contribution in [-0.4, -0.2) is 18.5 Å². The Hall–Kier alpha value is -0.730. The highest BCUT2D eigenvalue weighted by molar-refractivity contribution is 8.00. The average Bonchev–Trinajstić information content (AvgIpc) is 2.35. The fourth-order valence-corrected chi connectivity index (χ4v) is 2.96. The molecule has 0 fully saturated rings. The molecule has 1 aromatic carbocycles. The molecular formula is C11H2Cl3F11O2S. The van der Waals surface area contributed by atoms with E-state index in [4.69, 9.17) is 34.8 Å². The van der Waals surface area contributed by atoms with Crippen molar-refractivity contribution in [2.24, 2.45) is 0 Å². The first-order valence-electron chi connectivity index (χ1n) is 6.04. The van der Waals surface area contributed by atoms with Gasteiger partial charge in [0.25, 0.3) is 0 Å². The summed E-state index contributed by atoms with van der Waals surface area (Å²) in [5.74, 6) is -4.36. The van der Waals surface area contributed by atoms with Crippen molar-refractivity contribution in [2.75, 3.05) is 0 Å². The van der Waals surface area contributed by atoms with E-state index in [1.807, 2.05) is 0 Å². The molecule has 0 aliphatic carbocycles. The molecule has 17 heteroatoms. The second kappa shape index (κ2) is 8.19. The molecule has 0 aliphatic heterocycles. The molecule has 0 unspecified atom stereocenters. The van der Waals surface area contributed by atoms with Crippen molar-refractivity contribution in [3.63, 3.8) is 0 Å². The molecule has 0 heterocycles. The molecule has 2 nitrogen and oxygen atoms in total. The van der Waals surface area contributed by atoms with Crippen molar-refractivity contribution in [3.8, 4) is 11.5 Å². The second-order valence-electron chi connectivity index (χ2n) is 4.43. The third kappa shape index (κ3) is 7.26. The maximum absolute atomic E-state index is 13.2. The molecule has 0 saturated carbocycles. The van der Waals surface area contributed by atoms with Crippen molar-refractivity contribution < 1.29 is 57.8 Å². The van der Waals surface area contributed by atoms with Gasteiger partial charge >= 0.3 is 24.7 Å². The van der Waals surface area contributed by atoms with Gasteiger partial charge in [0.1, 0.15) is 0 Å². The SMILES string of the molecule is FC(F)Oc1c(SC(F)(F)F)cc(C(F)(F)F)c(C(Cl)(Cl)Cl)c1OC(F)(F)F. The fraction of sp³-hybridized carbons (Fsp3) is 0.455. The first-order chi connectivity index (χ1) is 12.2. The van der Waals surface area contributed by atoms with Crippen LogP contribution in [0.25, 0.3) is 0 Å². The number of thioether (sulfide) groups is 1. The lowest BCUT2D eigenvalue weighted by molar-refractivity contribution is -0.276. The van der Waals surface area contributed by atoms with Crippen molar-refractivity contribution in [1.29, 1.82) is 0 Å². The monoisotopic (exact) mass is 512 g/mol. The number of ether oxygens (including phenoxy) is 2. The fourth-order valence-electron chi connectivity index (χ4n) is 1.74. The van der Waals surface area contributed by atoms with Crippen molar-refractivity contribution >= 4 is 46.6 Å². The molecule has 0 spiro atoms. The predicted molar refractivity (Wildman–Crippen MR) is 75.9 cm³/mol. The average molecular weight is 514 g/mol. The van der Waals surface area contributed by atoms with Crippen molar-refractivity contribution in [2.45, 2.75) is 33.3 Å². The summed E-state index contributed by atoms with van der Waals surface area (Å²) in [5, 5.41) is 0. The van der Waals surface area contributed by atoms with Gasteiger partial charge in [-0.15, -0.1) is 13.2 Å². The molecule has 0 aliphatic rings. The topological polar surface area (TPSA) is 18.5 Å². The van der Waals surface area contributed by atoms with E-state index < -0.39 is 73.8 Å². The van der Waals surface area contributed by atoms with Crippen LogP contribution >= 0.6 is 46.6 Å². The summed E-state index contributed by atoms with van der Waals surface area (Å²) in [6, 6.07) is -0.448. The van der Waals surface area contributed by atoms with E-state index in [0.717, 1.165) is 0 Å². The zero-order chi connectivity index (χ0) is 22.3. The lowest BCUT2D eigenvalue weighted by Gasteiger charge is -2.26. The van der Waals surface area contributed by atoms with E-state index in [-0.39, 0.29) is 0 Å². The van der Waals surface area contributed by atoms with Crippen LogP contribution in [0.4, 0.5) is 48.3 Å². The molecule has 0 aromatic heterocycles. The van der Waals surface area contributed by atoms with E-state index in [1.54, 1.807) is 0 Å². The molecular weight excluding hydrogens is 512 g/mol. The van der Waals surface area contributed by atoms with Gasteiger partial charge in [0.15, 0.2) is 11.5 Å². The van der Waals surface area contributed by atoms with Crippen LogP contribution in [0.5, 0.6) is 11.5 Å². The maximum atomic E-state index is 13.2. The Labute approximate surface area is 166 Å². The van der Waals surface area contributed by atoms with E-state index in [2.05, 4.69) is 9.47 Å². The molecule has 0 N–H and O–H groups in total. The third-order valence-electron chi connectivity index (χ3n) is 2.44. The van der Waals surface area contributed by atoms with Gasteiger partial charge in [-0.2, -0.15) is 35.1 Å². The Morgan fingerprint density at radius 3 is 1.68 bits per heavy atom. The van der Waals surface area contributed by atoms with Gasteiger partial charge in [0, 0.05) is 0 Å². The van der Waals surface area contributed by atoms with Crippen LogP contribution < -0.4 is 9.47 Å². The highest BCUT2D eigenvalue weighted by atomic mass is 35.6. The normalized spacial score (nSPS) is 13.8. The summed E-state index contributed by atoms with van der Waals surface area (Å²) in [6.45, 7) is -4.07. The van der Waals surface area contributed by atoms with Crippen LogP contribution in [0, 0.1) is 0 Å². The smallest absolute Gasteiger partial charge is 0.430 e. The second-order valence-corrected chi connectivity index (χ2v) is 7.81. The van der Waals surface area contributed by atoms with Gasteiger partial charge in [-0.1, -0.05) is 34.8 Å². The van der Waals surface area contributed by atoms with Crippen molar-refractivity contribution in [3.05, 3.63) is 17.2 Å². The summed E-state index contributed by atoms with van der Waals surface area (Å²) in [5.41, 5.74) is -9.72. The predicted octanol–water partition coefficient (Wildman–Crippen LogP) is 7.64. The summed E-state index contributed by atoms with van der Waals surface area (Å²) >= 11 is 14.2. The van der Waals surface area contributed by atoms with Gasteiger partial charge in [-0.3, -0.25) is 0 Å². The Morgan fingerprint density at radius 2 is 1.36 bits per heavy atom. The quantitative estimate of drug-likeness (QED) is 0.234. The Balaban J connectivity index is 4.06. The molecule has 162 valence electrons. The van der Waals surface area contributed by atoms with Crippen LogP contribution in [0.2, 0.25) is 0 Å². The third-order valence-corrected chi connectivity index (χ3v) is 3.76. The number of halogens is 14. The highest BCUT2D eigenvalue weighted by Gasteiger charge is 2.48. The Morgan fingerprint density at radius 1 is 0.857 bits per heavy atom. The zero-order valence-corrected chi connectivity index (χ0v) is 15.3. The van der Waals surface area contributed by atoms with Gasteiger partial charge in [0.05, 0.1) is 16.0 Å². The Kier molecular flexibility index (Phi) is 7.40. The first kappa shape index (κ1) is 25.3.